The zero-order chi connectivity index (χ0) is 20.3. The molecule has 1 aliphatic rings. The molecule has 28 heavy (non-hydrogen) atoms. The topological polar surface area (TPSA) is 69.6 Å². The largest absolute Gasteiger partial charge is 0.506 e. The Kier molecular flexibility index (Phi) is 6.77. The molecule has 5 nitrogen and oxygen atoms in total. The van der Waals surface area contributed by atoms with Crippen LogP contribution in [0.4, 0.5) is 5.69 Å². The van der Waals surface area contributed by atoms with E-state index in [9.17, 15) is 14.7 Å². The van der Waals surface area contributed by atoms with Gasteiger partial charge in [0, 0.05) is 22.5 Å². The number of nitrogens with zero attached hydrogens (tertiary/aromatic N) is 1. The van der Waals surface area contributed by atoms with E-state index in [-0.39, 0.29) is 36.2 Å². The van der Waals surface area contributed by atoms with Gasteiger partial charge < -0.3 is 10.4 Å². The minimum Gasteiger partial charge on any atom is -0.506 e. The molecule has 9 heteroatoms. The van der Waals surface area contributed by atoms with E-state index in [1.807, 2.05) is 24.3 Å². The fourth-order valence-corrected chi connectivity index (χ4v) is 4.37. The standard InChI is InChI=1S/C19H14BrClN2O3S2/c20-12-3-1-2-11(8-12)9-16-18(26)23(19(27)28-16)7-6-17(25)22-14-10-13(21)4-5-15(14)24/h1-5,8-10,24H,6-7H2,(H,22,25). The molecule has 0 aromatic heterocycles. The third-order valence-electron chi connectivity index (χ3n) is 3.82. The zero-order valence-corrected chi connectivity index (χ0v) is 18.3. The van der Waals surface area contributed by atoms with E-state index in [1.54, 1.807) is 6.08 Å². The van der Waals surface area contributed by atoms with Gasteiger partial charge in [-0.15, -0.1) is 0 Å². The summed E-state index contributed by atoms with van der Waals surface area (Å²) in [5, 5.41) is 12.7. The zero-order valence-electron chi connectivity index (χ0n) is 14.3. The SMILES string of the molecule is O=C(CCN1C(=O)C(=Cc2cccc(Br)c2)SC1=S)Nc1cc(Cl)ccc1O. The average Bonchev–Trinajstić information content (AvgIpc) is 2.90. The predicted octanol–water partition coefficient (Wildman–Crippen LogP) is 5.04. The Morgan fingerprint density at radius 2 is 2.11 bits per heavy atom. The quantitative estimate of drug-likeness (QED) is 0.344. The molecule has 0 unspecified atom stereocenters. The fourth-order valence-electron chi connectivity index (χ4n) is 2.47. The third-order valence-corrected chi connectivity index (χ3v) is 5.92. The van der Waals surface area contributed by atoms with Gasteiger partial charge in [-0.05, 0) is 42.0 Å². The number of anilines is 1. The van der Waals surface area contributed by atoms with Crippen molar-refractivity contribution in [3.8, 4) is 5.75 Å². The van der Waals surface area contributed by atoms with Gasteiger partial charge in [0.15, 0.2) is 0 Å². The van der Waals surface area contributed by atoms with E-state index in [0.29, 0.717) is 14.2 Å². The molecule has 0 radical (unpaired) electrons. The average molecular weight is 498 g/mol. The Hall–Kier alpha value is -1.87. The Morgan fingerprint density at radius 1 is 1.32 bits per heavy atom. The maximum absolute atomic E-state index is 12.6. The van der Waals surface area contributed by atoms with E-state index in [4.69, 9.17) is 23.8 Å². The molecular weight excluding hydrogens is 484 g/mol. The molecule has 144 valence electrons. The Labute approximate surface area is 184 Å². The lowest BCUT2D eigenvalue weighted by atomic mass is 10.2. The van der Waals surface area contributed by atoms with Gasteiger partial charge in [-0.25, -0.2) is 0 Å². The Balaban J connectivity index is 1.63. The molecule has 0 atom stereocenters. The maximum Gasteiger partial charge on any atom is 0.266 e. The Morgan fingerprint density at radius 3 is 2.86 bits per heavy atom. The second-order valence-corrected chi connectivity index (χ2v) is 8.88. The molecule has 1 aliphatic heterocycles. The maximum atomic E-state index is 12.6. The summed E-state index contributed by atoms with van der Waals surface area (Å²) in [5.74, 6) is -0.670. The molecule has 1 fully saturated rings. The van der Waals surface area contributed by atoms with Crippen LogP contribution in [0.2, 0.25) is 5.02 Å². The first-order valence-corrected chi connectivity index (χ1v) is 10.5. The van der Waals surface area contributed by atoms with Crippen molar-refractivity contribution in [2.45, 2.75) is 6.42 Å². The molecule has 0 aliphatic carbocycles. The van der Waals surface area contributed by atoms with Gasteiger partial charge in [-0.2, -0.15) is 0 Å². The van der Waals surface area contributed by atoms with Crippen molar-refractivity contribution >= 4 is 79.4 Å². The van der Waals surface area contributed by atoms with Crippen molar-refractivity contribution in [2.75, 3.05) is 11.9 Å². The summed E-state index contributed by atoms with van der Waals surface area (Å²) in [4.78, 5) is 26.7. The molecular formula is C19H14BrClN2O3S2. The molecule has 2 aromatic carbocycles. The highest BCUT2D eigenvalue weighted by molar-refractivity contribution is 9.10. The van der Waals surface area contributed by atoms with Crippen molar-refractivity contribution in [3.63, 3.8) is 0 Å². The molecule has 2 N–H and O–H groups in total. The molecule has 0 bridgehead atoms. The molecule has 2 amide bonds. The van der Waals surface area contributed by atoms with Gasteiger partial charge in [0.05, 0.1) is 10.6 Å². The lowest BCUT2D eigenvalue weighted by Crippen LogP contribution is -2.31. The van der Waals surface area contributed by atoms with Gasteiger partial charge in [-0.1, -0.05) is 63.6 Å². The number of thioether (sulfide) groups is 1. The summed E-state index contributed by atoms with van der Waals surface area (Å²) in [6.07, 6.45) is 1.80. The monoisotopic (exact) mass is 496 g/mol. The summed E-state index contributed by atoms with van der Waals surface area (Å²) in [6, 6.07) is 11.9. The molecule has 3 rings (SSSR count). The highest BCUT2D eigenvalue weighted by Gasteiger charge is 2.32. The van der Waals surface area contributed by atoms with Crippen LogP contribution < -0.4 is 5.32 Å². The summed E-state index contributed by atoms with van der Waals surface area (Å²) in [6.45, 7) is 0.146. The lowest BCUT2D eigenvalue weighted by molar-refractivity contribution is -0.122. The summed E-state index contributed by atoms with van der Waals surface area (Å²) in [5.41, 5.74) is 1.10. The van der Waals surface area contributed by atoms with Gasteiger partial charge >= 0.3 is 0 Å². The summed E-state index contributed by atoms with van der Waals surface area (Å²) >= 11 is 15.8. The number of nitrogens with one attached hydrogen (secondary N) is 1. The van der Waals surface area contributed by atoms with E-state index in [2.05, 4.69) is 21.2 Å². The summed E-state index contributed by atoms with van der Waals surface area (Å²) in [7, 11) is 0. The third kappa shape index (κ3) is 5.14. The predicted molar refractivity (Wildman–Crippen MR) is 120 cm³/mol. The van der Waals surface area contributed by atoms with Crippen LogP contribution in [-0.2, 0) is 9.59 Å². The van der Waals surface area contributed by atoms with E-state index in [1.165, 1.54) is 34.9 Å². The fraction of sp³-hybridized carbons (Fsp3) is 0.105. The molecule has 1 heterocycles. The highest BCUT2D eigenvalue weighted by atomic mass is 79.9. The number of phenolic OH excluding ortho intramolecular Hbond substituents is 1. The molecule has 1 saturated heterocycles. The number of phenols is 1. The van der Waals surface area contributed by atoms with Crippen LogP contribution in [0.15, 0.2) is 51.8 Å². The normalized spacial score (nSPS) is 15.4. The number of carbonyl (C=O) groups excluding carboxylic acids is 2. The van der Waals surface area contributed by atoms with Crippen LogP contribution in [0.25, 0.3) is 6.08 Å². The van der Waals surface area contributed by atoms with E-state index in [0.717, 1.165) is 10.0 Å². The lowest BCUT2D eigenvalue weighted by Gasteiger charge is -2.14. The molecule has 2 aromatic rings. The van der Waals surface area contributed by atoms with Crippen LogP contribution in [0.1, 0.15) is 12.0 Å². The second-order valence-electron chi connectivity index (χ2n) is 5.85. The van der Waals surface area contributed by atoms with Crippen LogP contribution >= 0.6 is 51.5 Å². The van der Waals surface area contributed by atoms with Gasteiger partial charge in [0.25, 0.3) is 5.91 Å². The molecule has 0 saturated carbocycles. The number of hydrogen-bond donors (Lipinski definition) is 2. The van der Waals surface area contributed by atoms with Crippen LogP contribution in [0, 0.1) is 0 Å². The van der Waals surface area contributed by atoms with Crippen molar-refractivity contribution in [3.05, 3.63) is 62.4 Å². The van der Waals surface area contributed by atoms with E-state index >= 15 is 0 Å². The van der Waals surface area contributed by atoms with Crippen molar-refractivity contribution in [1.82, 2.24) is 4.90 Å². The summed E-state index contributed by atoms with van der Waals surface area (Å²) < 4.78 is 1.32. The molecule has 0 spiro atoms. The smallest absolute Gasteiger partial charge is 0.266 e. The van der Waals surface area contributed by atoms with Crippen LogP contribution in [0.5, 0.6) is 5.75 Å². The van der Waals surface area contributed by atoms with Gasteiger partial charge in [0.1, 0.15) is 10.1 Å². The number of amides is 2. The van der Waals surface area contributed by atoms with Crippen molar-refractivity contribution < 1.29 is 14.7 Å². The van der Waals surface area contributed by atoms with Crippen molar-refractivity contribution in [2.24, 2.45) is 0 Å². The highest BCUT2D eigenvalue weighted by Crippen LogP contribution is 2.33. The number of thiocarbonyl (C=S) groups is 1. The number of halogens is 2. The number of rotatable bonds is 5. The number of carbonyl (C=O) groups is 2. The minimum absolute atomic E-state index is 0.0303. The second kappa shape index (κ2) is 9.09. The number of benzene rings is 2. The van der Waals surface area contributed by atoms with Gasteiger partial charge in [-0.3, -0.25) is 14.5 Å². The van der Waals surface area contributed by atoms with Crippen molar-refractivity contribution in [1.29, 1.82) is 0 Å². The Bertz CT molecular complexity index is 997. The van der Waals surface area contributed by atoms with Gasteiger partial charge in [0.2, 0.25) is 5.91 Å². The van der Waals surface area contributed by atoms with E-state index < -0.39 is 0 Å². The minimum atomic E-state index is -0.359. The first kappa shape index (κ1) is 20.9. The first-order chi connectivity index (χ1) is 13.3. The number of aromatic hydroxyl groups is 1. The first-order valence-electron chi connectivity index (χ1n) is 8.13. The number of hydrogen-bond acceptors (Lipinski definition) is 5. The van der Waals surface area contributed by atoms with Crippen LogP contribution in [0.3, 0.4) is 0 Å². The van der Waals surface area contributed by atoms with Crippen LogP contribution in [-0.4, -0.2) is 32.7 Å².